The second-order valence-corrected chi connectivity index (χ2v) is 10.8. The molecule has 0 radical (unpaired) electrons. The second kappa shape index (κ2) is 9.69. The molecule has 2 aliphatic heterocycles. The molecule has 176 valence electrons. The standard InChI is InChI=1S/C27H31Cl2NO3/c1-26(2,3)33-25(31)11-14-30-15-12-27(13-16-30)18-32-24-17-19(8-10-21(24)27)7-9-20-22(28)5-4-6-23(20)29/h4-10,17H,11-16,18H2,1-3H3. The summed E-state index contributed by atoms with van der Waals surface area (Å²) in [6.45, 7) is 9.08. The predicted octanol–water partition coefficient (Wildman–Crippen LogP) is 6.62. The van der Waals surface area contributed by atoms with E-state index in [4.69, 9.17) is 32.7 Å². The van der Waals surface area contributed by atoms with Gasteiger partial charge in [-0.1, -0.05) is 53.6 Å². The Labute approximate surface area is 206 Å². The number of hydrogen-bond donors (Lipinski definition) is 0. The molecule has 0 unspecified atom stereocenters. The molecule has 1 spiro atoms. The molecule has 0 atom stereocenters. The van der Waals surface area contributed by atoms with Gasteiger partial charge in [-0.15, -0.1) is 0 Å². The molecule has 4 nitrogen and oxygen atoms in total. The van der Waals surface area contributed by atoms with Crippen LogP contribution < -0.4 is 4.74 Å². The molecular formula is C27H31Cl2NO3. The molecule has 1 saturated heterocycles. The molecule has 0 bridgehead atoms. The molecule has 1 fully saturated rings. The lowest BCUT2D eigenvalue weighted by atomic mass is 9.74. The lowest BCUT2D eigenvalue weighted by Gasteiger charge is -2.38. The highest BCUT2D eigenvalue weighted by Crippen LogP contribution is 2.46. The van der Waals surface area contributed by atoms with Crippen molar-refractivity contribution in [2.75, 3.05) is 26.2 Å². The third-order valence-electron chi connectivity index (χ3n) is 6.39. The number of rotatable bonds is 5. The van der Waals surface area contributed by atoms with Gasteiger partial charge in [-0.05, 0) is 70.5 Å². The molecule has 33 heavy (non-hydrogen) atoms. The van der Waals surface area contributed by atoms with Crippen molar-refractivity contribution in [2.24, 2.45) is 0 Å². The SMILES string of the molecule is CC(C)(C)OC(=O)CCN1CCC2(CC1)COc1cc(C=Cc3c(Cl)cccc3Cl)ccc12. The molecule has 0 aromatic heterocycles. The van der Waals surface area contributed by atoms with Crippen LogP contribution in [0.25, 0.3) is 12.2 Å². The minimum Gasteiger partial charge on any atom is -0.492 e. The number of fused-ring (bicyclic) bond motifs is 2. The number of benzene rings is 2. The van der Waals surface area contributed by atoms with Crippen LogP contribution in [0.3, 0.4) is 0 Å². The molecule has 2 aliphatic rings. The zero-order valence-corrected chi connectivity index (χ0v) is 21.0. The van der Waals surface area contributed by atoms with Gasteiger partial charge < -0.3 is 14.4 Å². The van der Waals surface area contributed by atoms with E-state index in [0.717, 1.165) is 49.4 Å². The van der Waals surface area contributed by atoms with Gasteiger partial charge in [-0.2, -0.15) is 0 Å². The fourth-order valence-electron chi connectivity index (χ4n) is 4.60. The van der Waals surface area contributed by atoms with Gasteiger partial charge in [0.15, 0.2) is 0 Å². The second-order valence-electron chi connectivity index (χ2n) is 9.97. The first-order valence-corrected chi connectivity index (χ1v) is 12.2. The molecule has 0 amide bonds. The number of likely N-dealkylation sites (tertiary alicyclic amines) is 1. The summed E-state index contributed by atoms with van der Waals surface area (Å²) in [6.07, 6.45) is 6.45. The van der Waals surface area contributed by atoms with Gasteiger partial charge in [0.05, 0.1) is 13.0 Å². The highest BCUT2D eigenvalue weighted by atomic mass is 35.5. The van der Waals surface area contributed by atoms with Crippen LogP contribution in [0.15, 0.2) is 36.4 Å². The number of ether oxygens (including phenoxy) is 2. The van der Waals surface area contributed by atoms with Crippen LogP contribution in [-0.2, 0) is 14.9 Å². The quantitative estimate of drug-likeness (QED) is 0.350. The topological polar surface area (TPSA) is 38.8 Å². The molecule has 0 saturated carbocycles. The summed E-state index contributed by atoms with van der Waals surface area (Å²) >= 11 is 12.6. The fourth-order valence-corrected chi connectivity index (χ4v) is 5.13. The molecule has 2 aromatic carbocycles. The zero-order chi connectivity index (χ0) is 23.6. The summed E-state index contributed by atoms with van der Waals surface area (Å²) in [5.41, 5.74) is 2.80. The number of nitrogens with zero attached hydrogens (tertiary/aromatic N) is 1. The van der Waals surface area contributed by atoms with Crippen LogP contribution in [-0.4, -0.2) is 42.7 Å². The molecule has 2 heterocycles. The van der Waals surface area contributed by atoms with Gasteiger partial charge in [0, 0.05) is 33.1 Å². The van der Waals surface area contributed by atoms with Gasteiger partial charge >= 0.3 is 5.97 Å². The first-order chi connectivity index (χ1) is 15.7. The van der Waals surface area contributed by atoms with Crippen molar-refractivity contribution < 1.29 is 14.3 Å². The van der Waals surface area contributed by atoms with Crippen LogP contribution in [0.5, 0.6) is 5.75 Å². The Balaban J connectivity index is 1.37. The van der Waals surface area contributed by atoms with E-state index in [1.54, 1.807) is 0 Å². The van der Waals surface area contributed by atoms with E-state index in [2.05, 4.69) is 23.1 Å². The van der Waals surface area contributed by atoms with Crippen molar-refractivity contribution in [3.8, 4) is 5.75 Å². The summed E-state index contributed by atoms with van der Waals surface area (Å²) in [4.78, 5) is 14.4. The number of carbonyl (C=O) groups excluding carboxylic acids is 1. The van der Waals surface area contributed by atoms with Crippen molar-refractivity contribution >= 4 is 41.3 Å². The minimum atomic E-state index is -0.429. The number of esters is 1. The Bertz CT molecular complexity index is 1030. The molecule has 6 heteroatoms. The first kappa shape index (κ1) is 24.1. The average Bonchev–Trinajstić information content (AvgIpc) is 3.09. The molecule has 0 N–H and O–H groups in total. The van der Waals surface area contributed by atoms with Gasteiger partial charge in [0.2, 0.25) is 0 Å². The first-order valence-electron chi connectivity index (χ1n) is 11.5. The maximum Gasteiger partial charge on any atom is 0.307 e. The number of piperidine rings is 1. The molecule has 4 rings (SSSR count). The number of halogens is 2. The van der Waals surface area contributed by atoms with Gasteiger partial charge in [0.1, 0.15) is 11.4 Å². The summed E-state index contributed by atoms with van der Waals surface area (Å²) in [7, 11) is 0. The van der Waals surface area contributed by atoms with Crippen LogP contribution in [0, 0.1) is 0 Å². The maximum absolute atomic E-state index is 12.0. The van der Waals surface area contributed by atoms with Crippen LogP contribution in [0.1, 0.15) is 56.7 Å². The molecule has 2 aromatic rings. The highest BCUT2D eigenvalue weighted by molar-refractivity contribution is 6.37. The maximum atomic E-state index is 12.0. The van der Waals surface area contributed by atoms with E-state index in [9.17, 15) is 4.79 Å². The largest absolute Gasteiger partial charge is 0.492 e. The third kappa shape index (κ3) is 5.74. The van der Waals surface area contributed by atoms with Gasteiger partial charge in [-0.3, -0.25) is 4.79 Å². The van der Waals surface area contributed by atoms with Crippen molar-refractivity contribution in [3.63, 3.8) is 0 Å². The van der Waals surface area contributed by atoms with E-state index in [1.807, 2.05) is 51.1 Å². The third-order valence-corrected chi connectivity index (χ3v) is 7.05. The van der Waals surface area contributed by atoms with Crippen LogP contribution in [0.2, 0.25) is 10.0 Å². The van der Waals surface area contributed by atoms with Crippen molar-refractivity contribution in [1.82, 2.24) is 4.90 Å². The Hall–Kier alpha value is -2.01. The normalized spacial score (nSPS) is 17.8. The van der Waals surface area contributed by atoms with Crippen molar-refractivity contribution in [2.45, 2.75) is 51.0 Å². The smallest absolute Gasteiger partial charge is 0.307 e. The number of hydrogen-bond acceptors (Lipinski definition) is 4. The van der Waals surface area contributed by atoms with Crippen LogP contribution >= 0.6 is 23.2 Å². The Morgan fingerprint density at radius 3 is 2.48 bits per heavy atom. The van der Waals surface area contributed by atoms with Gasteiger partial charge in [-0.25, -0.2) is 0 Å². The Kier molecular flexibility index (Phi) is 7.09. The molecule has 0 aliphatic carbocycles. The predicted molar refractivity (Wildman–Crippen MR) is 135 cm³/mol. The number of carbonyl (C=O) groups is 1. The highest BCUT2D eigenvalue weighted by Gasteiger charge is 2.43. The zero-order valence-electron chi connectivity index (χ0n) is 19.5. The summed E-state index contributed by atoms with van der Waals surface area (Å²) in [5, 5.41) is 1.27. The van der Waals surface area contributed by atoms with Gasteiger partial charge in [0.25, 0.3) is 0 Å². The average molecular weight is 488 g/mol. The fraction of sp³-hybridized carbons (Fsp3) is 0.444. The Morgan fingerprint density at radius 1 is 1.12 bits per heavy atom. The minimum absolute atomic E-state index is 0.0616. The lowest BCUT2D eigenvalue weighted by Crippen LogP contribution is -2.44. The van der Waals surface area contributed by atoms with E-state index < -0.39 is 5.60 Å². The molecular weight excluding hydrogens is 457 g/mol. The van der Waals surface area contributed by atoms with Crippen molar-refractivity contribution in [1.29, 1.82) is 0 Å². The summed E-state index contributed by atoms with van der Waals surface area (Å²) < 4.78 is 11.6. The lowest BCUT2D eigenvalue weighted by molar-refractivity contribution is -0.155. The van der Waals surface area contributed by atoms with Crippen LogP contribution in [0.4, 0.5) is 0 Å². The van der Waals surface area contributed by atoms with E-state index in [0.29, 0.717) is 23.1 Å². The summed E-state index contributed by atoms with van der Waals surface area (Å²) in [6, 6.07) is 11.9. The van der Waals surface area contributed by atoms with E-state index in [-0.39, 0.29) is 11.4 Å². The summed E-state index contributed by atoms with van der Waals surface area (Å²) in [5.74, 6) is 0.834. The monoisotopic (exact) mass is 487 g/mol. The Morgan fingerprint density at radius 2 is 1.82 bits per heavy atom. The van der Waals surface area contributed by atoms with E-state index >= 15 is 0 Å². The van der Waals surface area contributed by atoms with Crippen molar-refractivity contribution in [3.05, 3.63) is 63.1 Å². The van der Waals surface area contributed by atoms with E-state index in [1.165, 1.54) is 5.56 Å².